The van der Waals surface area contributed by atoms with E-state index in [1.165, 1.54) is 6.07 Å². The highest BCUT2D eigenvalue weighted by Gasteiger charge is 2.14. The highest BCUT2D eigenvalue weighted by molar-refractivity contribution is 7.71. The third-order valence-electron chi connectivity index (χ3n) is 4.46. The molecule has 0 aliphatic heterocycles. The van der Waals surface area contributed by atoms with Crippen LogP contribution in [0, 0.1) is 4.77 Å². The molecule has 0 saturated heterocycles. The van der Waals surface area contributed by atoms with Crippen LogP contribution in [0.4, 0.5) is 8.78 Å². The van der Waals surface area contributed by atoms with E-state index in [4.69, 9.17) is 33.3 Å². The second kappa shape index (κ2) is 10.8. The quantitative estimate of drug-likeness (QED) is 0.391. The highest BCUT2D eigenvalue weighted by atomic mass is 35.5. The van der Waals surface area contributed by atoms with Crippen LogP contribution < -0.4 is 14.2 Å². The van der Waals surface area contributed by atoms with Crippen LogP contribution in [0.1, 0.15) is 12.5 Å². The molecule has 0 amide bonds. The number of ether oxygens (including phenoxy) is 3. The molecule has 0 atom stereocenters. The first-order valence-electron chi connectivity index (χ1n) is 9.70. The maximum Gasteiger partial charge on any atom is 0.387 e. The lowest BCUT2D eigenvalue weighted by Gasteiger charge is -2.18. The van der Waals surface area contributed by atoms with Gasteiger partial charge in [0, 0.05) is 11.6 Å². The number of aromatic amines is 1. The van der Waals surface area contributed by atoms with Gasteiger partial charge in [0.25, 0.3) is 0 Å². The van der Waals surface area contributed by atoms with E-state index in [1.54, 1.807) is 49.0 Å². The normalized spacial score (nSPS) is 11.2. The van der Waals surface area contributed by atoms with Crippen LogP contribution in [0.5, 0.6) is 17.2 Å². The molecular formula is C21H23ClF2N4O3S. The van der Waals surface area contributed by atoms with Crippen LogP contribution in [0.3, 0.4) is 0 Å². The Bertz CT molecular complexity index is 1120. The van der Waals surface area contributed by atoms with Gasteiger partial charge in [-0.3, -0.25) is 10.00 Å². The van der Waals surface area contributed by atoms with Gasteiger partial charge in [-0.05, 0) is 62.1 Å². The number of rotatable bonds is 10. The Morgan fingerprint density at radius 1 is 1.19 bits per heavy atom. The van der Waals surface area contributed by atoms with Crippen LogP contribution in [-0.2, 0) is 13.2 Å². The van der Waals surface area contributed by atoms with Gasteiger partial charge in [-0.15, -0.1) is 0 Å². The number of methoxy groups -OCH3 is 1. The Hall–Kier alpha value is -2.69. The maximum absolute atomic E-state index is 12.6. The summed E-state index contributed by atoms with van der Waals surface area (Å²) in [5, 5.41) is 3.72. The molecule has 0 aliphatic rings. The standard InChI is InChI=1S/C21H23ClF2N4O3S/c1-4-30-18-9-13(5-7-17(18)31-20(23)24)11-27(2)12-28-21(32)25-19(26-28)15-10-14(22)6-8-16(15)29-3/h5-10,20H,4,11-12H2,1-3H3,(H,25,26,32). The first-order valence-corrected chi connectivity index (χ1v) is 10.5. The number of hydrogen-bond donors (Lipinski definition) is 1. The van der Waals surface area contributed by atoms with E-state index in [9.17, 15) is 8.78 Å². The zero-order valence-electron chi connectivity index (χ0n) is 17.8. The zero-order chi connectivity index (χ0) is 23.3. The molecule has 0 fully saturated rings. The molecule has 0 saturated carbocycles. The first kappa shape index (κ1) is 24.0. The van der Waals surface area contributed by atoms with Crippen LogP contribution >= 0.6 is 23.8 Å². The zero-order valence-corrected chi connectivity index (χ0v) is 19.3. The van der Waals surface area contributed by atoms with Crippen molar-refractivity contribution in [2.24, 2.45) is 0 Å². The average molecular weight is 485 g/mol. The van der Waals surface area contributed by atoms with E-state index >= 15 is 0 Å². The Morgan fingerprint density at radius 3 is 2.62 bits per heavy atom. The molecule has 1 N–H and O–H groups in total. The number of nitrogens with one attached hydrogen (secondary N) is 1. The van der Waals surface area contributed by atoms with Crippen molar-refractivity contribution in [3.8, 4) is 28.6 Å². The molecule has 0 bridgehead atoms. The maximum atomic E-state index is 12.6. The molecule has 1 heterocycles. The Labute approximate surface area is 194 Å². The van der Waals surface area contributed by atoms with Gasteiger partial charge in [-0.25, -0.2) is 4.68 Å². The van der Waals surface area contributed by atoms with Crippen molar-refractivity contribution in [2.45, 2.75) is 26.7 Å². The molecule has 0 radical (unpaired) electrons. The largest absolute Gasteiger partial charge is 0.496 e. The Balaban J connectivity index is 1.76. The lowest BCUT2D eigenvalue weighted by Crippen LogP contribution is -2.22. The molecule has 0 aliphatic carbocycles. The van der Waals surface area contributed by atoms with Gasteiger partial charge in [0.05, 0.1) is 25.9 Å². The van der Waals surface area contributed by atoms with Crippen LogP contribution in [0.25, 0.3) is 11.4 Å². The molecule has 0 unspecified atom stereocenters. The molecule has 2 aromatic carbocycles. The van der Waals surface area contributed by atoms with Gasteiger partial charge < -0.3 is 14.2 Å². The summed E-state index contributed by atoms with van der Waals surface area (Å²) in [6.07, 6.45) is 0. The molecule has 3 rings (SSSR count). The third-order valence-corrected chi connectivity index (χ3v) is 5.00. The van der Waals surface area contributed by atoms with Gasteiger partial charge in [-0.2, -0.15) is 13.8 Å². The molecule has 32 heavy (non-hydrogen) atoms. The molecule has 7 nitrogen and oxygen atoms in total. The van der Waals surface area contributed by atoms with Crippen molar-refractivity contribution in [3.63, 3.8) is 0 Å². The van der Waals surface area contributed by atoms with Gasteiger partial charge in [0.2, 0.25) is 4.77 Å². The average Bonchev–Trinajstić information content (AvgIpc) is 3.09. The second-order valence-corrected chi connectivity index (χ2v) is 7.68. The molecule has 0 spiro atoms. The van der Waals surface area contributed by atoms with Crippen molar-refractivity contribution >= 4 is 23.8 Å². The fourth-order valence-electron chi connectivity index (χ4n) is 3.15. The number of benzene rings is 2. The van der Waals surface area contributed by atoms with E-state index in [2.05, 4.69) is 14.8 Å². The number of H-pyrrole nitrogens is 1. The van der Waals surface area contributed by atoms with Crippen LogP contribution in [0.2, 0.25) is 5.02 Å². The van der Waals surface area contributed by atoms with Crippen molar-refractivity contribution in [2.75, 3.05) is 20.8 Å². The van der Waals surface area contributed by atoms with E-state index < -0.39 is 6.61 Å². The second-order valence-electron chi connectivity index (χ2n) is 6.88. The minimum absolute atomic E-state index is 0.00384. The number of alkyl halides is 2. The van der Waals surface area contributed by atoms with Crippen molar-refractivity contribution in [3.05, 3.63) is 51.8 Å². The van der Waals surface area contributed by atoms with Crippen molar-refractivity contribution in [1.29, 1.82) is 0 Å². The van der Waals surface area contributed by atoms with E-state index in [-0.39, 0.29) is 11.5 Å². The predicted octanol–water partition coefficient (Wildman–Crippen LogP) is 5.36. The van der Waals surface area contributed by atoms with Gasteiger partial charge in [0.1, 0.15) is 5.75 Å². The SMILES string of the molecule is CCOc1cc(CN(C)Cn2[nH]c(-c3cc(Cl)ccc3OC)nc2=S)ccc1OC(F)F. The predicted molar refractivity (Wildman–Crippen MR) is 120 cm³/mol. The highest BCUT2D eigenvalue weighted by Crippen LogP contribution is 2.31. The lowest BCUT2D eigenvalue weighted by molar-refractivity contribution is -0.0514. The number of aromatic nitrogens is 3. The fraction of sp³-hybridized carbons (Fsp3) is 0.333. The summed E-state index contributed by atoms with van der Waals surface area (Å²) in [7, 11) is 3.46. The summed E-state index contributed by atoms with van der Waals surface area (Å²) in [5.41, 5.74) is 1.56. The fourth-order valence-corrected chi connectivity index (χ4v) is 3.52. The Morgan fingerprint density at radius 2 is 1.94 bits per heavy atom. The molecule has 1 aromatic heterocycles. The summed E-state index contributed by atoms with van der Waals surface area (Å²) in [6, 6.07) is 10.1. The van der Waals surface area contributed by atoms with E-state index in [1.807, 2.05) is 11.9 Å². The minimum atomic E-state index is -2.92. The van der Waals surface area contributed by atoms with Crippen LogP contribution in [0.15, 0.2) is 36.4 Å². The minimum Gasteiger partial charge on any atom is -0.496 e. The number of hydrogen-bond acceptors (Lipinski definition) is 6. The Kier molecular flexibility index (Phi) is 8.05. The van der Waals surface area contributed by atoms with E-state index in [0.29, 0.717) is 46.8 Å². The summed E-state index contributed by atoms with van der Waals surface area (Å²) >= 11 is 11.5. The first-order chi connectivity index (χ1) is 15.3. The topological polar surface area (TPSA) is 64.5 Å². The summed E-state index contributed by atoms with van der Waals surface area (Å²) in [5.74, 6) is 1.43. The lowest BCUT2D eigenvalue weighted by atomic mass is 10.2. The van der Waals surface area contributed by atoms with Gasteiger partial charge in [-0.1, -0.05) is 17.7 Å². The molecular weight excluding hydrogens is 462 g/mol. The van der Waals surface area contributed by atoms with Gasteiger partial charge in [0.15, 0.2) is 17.3 Å². The van der Waals surface area contributed by atoms with Gasteiger partial charge >= 0.3 is 6.61 Å². The molecule has 11 heteroatoms. The van der Waals surface area contributed by atoms with Crippen molar-refractivity contribution in [1.82, 2.24) is 19.7 Å². The third kappa shape index (κ3) is 5.96. The smallest absolute Gasteiger partial charge is 0.387 e. The van der Waals surface area contributed by atoms with Crippen LogP contribution in [-0.4, -0.2) is 47.0 Å². The number of halogens is 3. The monoisotopic (exact) mass is 484 g/mol. The number of nitrogens with zero attached hydrogens (tertiary/aromatic N) is 3. The van der Waals surface area contributed by atoms with Crippen molar-refractivity contribution < 1.29 is 23.0 Å². The van der Waals surface area contributed by atoms with E-state index in [0.717, 1.165) is 5.56 Å². The molecule has 172 valence electrons. The summed E-state index contributed by atoms with van der Waals surface area (Å²) in [6.45, 7) is 0.104. The summed E-state index contributed by atoms with van der Waals surface area (Å²) < 4.78 is 42.6. The summed E-state index contributed by atoms with van der Waals surface area (Å²) in [4.78, 5) is 6.40. The molecule has 3 aromatic rings.